The normalized spacial score (nSPS) is 12.8. The van der Waals surface area contributed by atoms with Gasteiger partial charge < -0.3 is 4.42 Å². The minimum Gasteiger partial charge on any atom is -0.408 e. The van der Waals surface area contributed by atoms with Gasteiger partial charge in [0.15, 0.2) is 5.58 Å². The Balaban J connectivity index is 2.11. The molecule has 3 rings (SSSR count). The van der Waals surface area contributed by atoms with Gasteiger partial charge in [0.05, 0.1) is 10.9 Å². The van der Waals surface area contributed by atoms with Crippen LogP contribution in [0.2, 0.25) is 5.02 Å². The van der Waals surface area contributed by atoms with E-state index in [9.17, 15) is 4.79 Å². The number of oxazole rings is 1. The third-order valence-electron chi connectivity index (χ3n) is 3.69. The van der Waals surface area contributed by atoms with E-state index in [1.54, 1.807) is 13.1 Å². The van der Waals surface area contributed by atoms with Gasteiger partial charge in [-0.2, -0.15) is 0 Å². The number of nitrogens with zero attached hydrogens (tertiary/aromatic N) is 1. The van der Waals surface area contributed by atoms with Gasteiger partial charge in [-0.15, -0.1) is 11.6 Å². The first-order chi connectivity index (χ1) is 9.99. The topological polar surface area (TPSA) is 35.1 Å². The largest absolute Gasteiger partial charge is 0.419 e. The highest BCUT2D eigenvalue weighted by Crippen LogP contribution is 2.34. The summed E-state index contributed by atoms with van der Waals surface area (Å²) in [6, 6.07) is 11.2. The van der Waals surface area contributed by atoms with Crippen LogP contribution in [0.15, 0.2) is 45.6 Å². The number of hydrogen-bond donors (Lipinski definition) is 0. The van der Waals surface area contributed by atoms with E-state index in [1.807, 2.05) is 37.3 Å². The summed E-state index contributed by atoms with van der Waals surface area (Å²) in [6.45, 7) is 1.94. The van der Waals surface area contributed by atoms with Crippen molar-refractivity contribution in [2.75, 3.05) is 0 Å². The molecule has 0 bridgehead atoms. The zero-order valence-corrected chi connectivity index (χ0v) is 13.1. The second kappa shape index (κ2) is 5.24. The zero-order chi connectivity index (χ0) is 15.1. The number of benzene rings is 2. The Morgan fingerprint density at radius 1 is 1.24 bits per heavy atom. The first-order valence-corrected chi connectivity index (χ1v) is 7.29. The number of hydrogen-bond acceptors (Lipinski definition) is 2. The molecule has 0 spiro atoms. The van der Waals surface area contributed by atoms with E-state index in [0.717, 1.165) is 22.2 Å². The van der Waals surface area contributed by atoms with Crippen LogP contribution in [0.4, 0.5) is 0 Å². The molecule has 1 aromatic heterocycles. The van der Waals surface area contributed by atoms with E-state index in [2.05, 4.69) is 0 Å². The lowest BCUT2D eigenvalue weighted by Crippen LogP contribution is -2.08. The summed E-state index contributed by atoms with van der Waals surface area (Å²) in [5.74, 6) is -0.382. The Labute approximate surface area is 131 Å². The molecule has 0 aliphatic heterocycles. The molecule has 5 heteroatoms. The van der Waals surface area contributed by atoms with Crippen LogP contribution >= 0.6 is 23.2 Å². The van der Waals surface area contributed by atoms with E-state index in [4.69, 9.17) is 27.6 Å². The number of aryl methyl sites for hydroxylation is 1. The van der Waals surface area contributed by atoms with Gasteiger partial charge in [0.25, 0.3) is 0 Å². The quantitative estimate of drug-likeness (QED) is 0.655. The highest BCUT2D eigenvalue weighted by Gasteiger charge is 2.16. The predicted molar refractivity (Wildman–Crippen MR) is 85.3 cm³/mol. The molecule has 1 heterocycles. The molecular formula is C16H13Cl2NO2. The lowest BCUT2D eigenvalue weighted by atomic mass is 10.00. The van der Waals surface area contributed by atoms with Crippen molar-refractivity contribution in [3.8, 4) is 0 Å². The van der Waals surface area contributed by atoms with Crippen molar-refractivity contribution in [3.05, 3.63) is 68.7 Å². The van der Waals surface area contributed by atoms with E-state index >= 15 is 0 Å². The summed E-state index contributed by atoms with van der Waals surface area (Å²) >= 11 is 12.7. The van der Waals surface area contributed by atoms with E-state index in [-0.39, 0.29) is 11.1 Å². The fourth-order valence-corrected chi connectivity index (χ4v) is 2.94. The van der Waals surface area contributed by atoms with Crippen LogP contribution in [0.25, 0.3) is 11.1 Å². The Hall–Kier alpha value is -1.71. The van der Waals surface area contributed by atoms with Gasteiger partial charge in [0.1, 0.15) is 0 Å². The molecule has 0 fully saturated rings. The molecule has 0 saturated heterocycles. The SMILES string of the molecule is Cc1c(Cl)cccc1C(Cl)c1ccc2c(c1)oc(=O)n2C. The van der Waals surface area contributed by atoms with Crippen molar-refractivity contribution in [2.45, 2.75) is 12.3 Å². The number of rotatable bonds is 2. The molecule has 108 valence electrons. The van der Waals surface area contributed by atoms with Crippen LogP contribution in [-0.4, -0.2) is 4.57 Å². The first-order valence-electron chi connectivity index (χ1n) is 6.47. The second-order valence-electron chi connectivity index (χ2n) is 4.97. The number of fused-ring (bicyclic) bond motifs is 1. The lowest BCUT2D eigenvalue weighted by molar-refractivity contribution is 0.528. The molecule has 1 unspecified atom stereocenters. The Morgan fingerprint density at radius 2 is 2.00 bits per heavy atom. The summed E-state index contributed by atoms with van der Waals surface area (Å²) < 4.78 is 6.67. The molecule has 0 aliphatic carbocycles. The standard InChI is InChI=1S/C16H13Cl2NO2/c1-9-11(4-3-5-12(9)17)15(18)10-6-7-13-14(8-10)21-16(20)19(13)2/h3-8,15H,1-2H3. The highest BCUT2D eigenvalue weighted by molar-refractivity contribution is 6.31. The first kappa shape index (κ1) is 14.2. The third kappa shape index (κ3) is 2.37. The Bertz CT molecular complexity index is 880. The molecule has 0 saturated carbocycles. The second-order valence-corrected chi connectivity index (χ2v) is 5.81. The van der Waals surface area contributed by atoms with Crippen LogP contribution in [0.3, 0.4) is 0 Å². The predicted octanol–water partition coefficient (Wildman–Crippen LogP) is 4.42. The van der Waals surface area contributed by atoms with Gasteiger partial charge in [-0.25, -0.2) is 4.79 Å². The van der Waals surface area contributed by atoms with Crippen LogP contribution in [0.1, 0.15) is 22.1 Å². The van der Waals surface area contributed by atoms with Crippen LogP contribution < -0.4 is 5.76 Å². The molecule has 2 aromatic carbocycles. The summed E-state index contributed by atoms with van der Waals surface area (Å²) in [7, 11) is 1.67. The Kier molecular flexibility index (Phi) is 3.56. The van der Waals surface area contributed by atoms with Crippen molar-refractivity contribution < 1.29 is 4.42 Å². The fourth-order valence-electron chi connectivity index (χ4n) is 2.39. The van der Waals surface area contributed by atoms with Crippen LogP contribution in [-0.2, 0) is 7.05 Å². The number of halogens is 2. The average molecular weight is 322 g/mol. The average Bonchev–Trinajstić information content (AvgIpc) is 2.76. The minimum absolute atomic E-state index is 0.349. The molecule has 3 aromatic rings. The van der Waals surface area contributed by atoms with Gasteiger partial charge in [-0.3, -0.25) is 4.57 Å². The molecule has 0 aliphatic rings. The van der Waals surface area contributed by atoms with E-state index in [0.29, 0.717) is 10.6 Å². The summed E-state index contributed by atoms with van der Waals surface area (Å²) in [6.07, 6.45) is 0. The summed E-state index contributed by atoms with van der Waals surface area (Å²) in [4.78, 5) is 11.5. The zero-order valence-electron chi connectivity index (χ0n) is 11.6. The minimum atomic E-state index is -0.382. The summed E-state index contributed by atoms with van der Waals surface area (Å²) in [5, 5.41) is 0.337. The van der Waals surface area contributed by atoms with Crippen LogP contribution in [0.5, 0.6) is 0 Å². The van der Waals surface area contributed by atoms with Gasteiger partial charge >= 0.3 is 5.76 Å². The van der Waals surface area contributed by atoms with Crippen molar-refractivity contribution in [2.24, 2.45) is 7.05 Å². The fraction of sp³-hybridized carbons (Fsp3) is 0.188. The van der Waals surface area contributed by atoms with Crippen LogP contribution in [0, 0.1) is 6.92 Å². The van der Waals surface area contributed by atoms with E-state index < -0.39 is 0 Å². The van der Waals surface area contributed by atoms with Crippen molar-refractivity contribution in [1.29, 1.82) is 0 Å². The highest BCUT2D eigenvalue weighted by atomic mass is 35.5. The molecule has 0 N–H and O–H groups in total. The molecule has 1 atom stereocenters. The van der Waals surface area contributed by atoms with Gasteiger partial charge in [0.2, 0.25) is 0 Å². The van der Waals surface area contributed by atoms with Gasteiger partial charge in [-0.1, -0.05) is 29.8 Å². The maximum Gasteiger partial charge on any atom is 0.419 e. The third-order valence-corrected chi connectivity index (χ3v) is 4.59. The van der Waals surface area contributed by atoms with Gasteiger partial charge in [-0.05, 0) is 41.8 Å². The molecule has 21 heavy (non-hydrogen) atoms. The van der Waals surface area contributed by atoms with Crippen molar-refractivity contribution in [1.82, 2.24) is 4.57 Å². The monoisotopic (exact) mass is 321 g/mol. The Morgan fingerprint density at radius 3 is 2.76 bits per heavy atom. The van der Waals surface area contributed by atoms with Crippen molar-refractivity contribution >= 4 is 34.3 Å². The maximum absolute atomic E-state index is 11.5. The summed E-state index contributed by atoms with van der Waals surface area (Å²) in [5.41, 5.74) is 4.04. The molecule has 0 amide bonds. The number of aromatic nitrogens is 1. The molecule has 0 radical (unpaired) electrons. The number of alkyl halides is 1. The molecule has 3 nitrogen and oxygen atoms in total. The molecular weight excluding hydrogens is 309 g/mol. The van der Waals surface area contributed by atoms with Crippen molar-refractivity contribution in [3.63, 3.8) is 0 Å². The smallest absolute Gasteiger partial charge is 0.408 e. The lowest BCUT2D eigenvalue weighted by Gasteiger charge is -2.14. The van der Waals surface area contributed by atoms with E-state index in [1.165, 1.54) is 4.57 Å². The van der Waals surface area contributed by atoms with Gasteiger partial charge in [0, 0.05) is 12.1 Å². The maximum atomic E-state index is 11.5.